The van der Waals surface area contributed by atoms with Crippen LogP contribution in [0.15, 0.2) is 6.20 Å². The van der Waals surface area contributed by atoms with Crippen LogP contribution in [-0.2, 0) is 6.42 Å². The molecule has 0 aliphatic carbocycles. The molecule has 1 aromatic rings. The van der Waals surface area contributed by atoms with E-state index < -0.39 is 0 Å². The van der Waals surface area contributed by atoms with Gasteiger partial charge in [-0.05, 0) is 50.3 Å². The minimum atomic E-state index is 1.14. The molecule has 1 rings (SSSR count). The minimum Gasteiger partial charge on any atom is -0.261 e. The molecule has 0 radical (unpaired) electrons. The first-order chi connectivity index (χ1) is 6.66. The van der Waals surface area contributed by atoms with Crippen molar-refractivity contribution in [3.05, 3.63) is 28.6 Å². The highest BCUT2D eigenvalue weighted by Crippen LogP contribution is 2.16. The predicted octanol–water partition coefficient (Wildman–Crippen LogP) is 3.74. The van der Waals surface area contributed by atoms with Gasteiger partial charge in [-0.15, -0.1) is 0 Å². The Kier molecular flexibility index (Phi) is 4.12. The SMILES string of the molecule is CCCCCc1ncc(C)c(C)c1C. The number of rotatable bonds is 4. The molecule has 1 nitrogen and oxygen atoms in total. The molecule has 1 heteroatoms. The maximum atomic E-state index is 4.51. The highest BCUT2D eigenvalue weighted by molar-refractivity contribution is 5.33. The van der Waals surface area contributed by atoms with Gasteiger partial charge in [0.05, 0.1) is 0 Å². The predicted molar refractivity (Wildman–Crippen MR) is 61.7 cm³/mol. The van der Waals surface area contributed by atoms with Crippen LogP contribution in [0, 0.1) is 20.8 Å². The summed E-state index contributed by atoms with van der Waals surface area (Å²) in [4.78, 5) is 4.51. The topological polar surface area (TPSA) is 12.9 Å². The van der Waals surface area contributed by atoms with Crippen LogP contribution in [0.2, 0.25) is 0 Å². The number of aromatic nitrogens is 1. The second kappa shape index (κ2) is 5.14. The van der Waals surface area contributed by atoms with E-state index in [4.69, 9.17) is 0 Å². The smallest absolute Gasteiger partial charge is 0.0435 e. The van der Waals surface area contributed by atoms with Gasteiger partial charge in [-0.2, -0.15) is 0 Å². The summed E-state index contributed by atoms with van der Waals surface area (Å²) in [5, 5.41) is 0. The van der Waals surface area contributed by atoms with Crippen molar-refractivity contribution in [2.24, 2.45) is 0 Å². The Hall–Kier alpha value is -0.850. The molecule has 0 bridgehead atoms. The van der Waals surface area contributed by atoms with Gasteiger partial charge in [0.25, 0.3) is 0 Å². The van der Waals surface area contributed by atoms with E-state index in [9.17, 15) is 0 Å². The number of aryl methyl sites for hydroxylation is 2. The summed E-state index contributed by atoms with van der Waals surface area (Å²) in [5.41, 5.74) is 5.40. The third-order valence-corrected chi connectivity index (χ3v) is 3.02. The van der Waals surface area contributed by atoms with Gasteiger partial charge < -0.3 is 0 Å². The standard InChI is InChI=1S/C13H21N/c1-5-6-7-8-13-12(4)11(3)10(2)9-14-13/h9H,5-8H2,1-4H3. The van der Waals surface area contributed by atoms with Crippen molar-refractivity contribution >= 4 is 0 Å². The highest BCUT2D eigenvalue weighted by Gasteiger charge is 2.04. The Bertz CT molecular complexity index is 302. The van der Waals surface area contributed by atoms with Crippen LogP contribution in [0.1, 0.15) is 48.6 Å². The summed E-state index contributed by atoms with van der Waals surface area (Å²) in [5.74, 6) is 0. The van der Waals surface area contributed by atoms with Crippen molar-refractivity contribution in [2.45, 2.75) is 53.4 Å². The molecular formula is C13H21N. The second-order valence-electron chi connectivity index (χ2n) is 4.10. The summed E-state index contributed by atoms with van der Waals surface area (Å²) in [6.07, 6.45) is 7.01. The molecule has 0 aromatic carbocycles. The van der Waals surface area contributed by atoms with Gasteiger partial charge in [-0.1, -0.05) is 19.8 Å². The lowest BCUT2D eigenvalue weighted by molar-refractivity contribution is 0.703. The first-order valence-electron chi connectivity index (χ1n) is 5.58. The maximum absolute atomic E-state index is 4.51. The monoisotopic (exact) mass is 191 g/mol. The van der Waals surface area contributed by atoms with Gasteiger partial charge in [0.15, 0.2) is 0 Å². The quantitative estimate of drug-likeness (QED) is 0.661. The first-order valence-corrected chi connectivity index (χ1v) is 5.58. The van der Waals surface area contributed by atoms with Crippen LogP contribution in [0.25, 0.3) is 0 Å². The molecule has 0 amide bonds. The lowest BCUT2D eigenvalue weighted by Gasteiger charge is -2.09. The van der Waals surface area contributed by atoms with Gasteiger partial charge >= 0.3 is 0 Å². The Labute approximate surface area is 87.6 Å². The third kappa shape index (κ3) is 2.57. The summed E-state index contributed by atoms with van der Waals surface area (Å²) in [6.45, 7) is 8.75. The summed E-state index contributed by atoms with van der Waals surface area (Å²) >= 11 is 0. The third-order valence-electron chi connectivity index (χ3n) is 3.02. The molecular weight excluding hydrogens is 170 g/mol. The molecule has 0 aliphatic heterocycles. The van der Waals surface area contributed by atoms with Gasteiger partial charge in [0, 0.05) is 11.9 Å². The number of unbranched alkanes of at least 4 members (excludes halogenated alkanes) is 2. The average molecular weight is 191 g/mol. The normalized spacial score (nSPS) is 10.6. The van der Waals surface area contributed by atoms with Crippen molar-refractivity contribution in [2.75, 3.05) is 0 Å². The fraction of sp³-hybridized carbons (Fsp3) is 0.615. The molecule has 78 valence electrons. The van der Waals surface area contributed by atoms with Crippen molar-refractivity contribution in [1.29, 1.82) is 0 Å². The van der Waals surface area contributed by atoms with Crippen LogP contribution >= 0.6 is 0 Å². The fourth-order valence-electron chi connectivity index (χ4n) is 1.68. The number of hydrogen-bond acceptors (Lipinski definition) is 1. The lowest BCUT2D eigenvalue weighted by Crippen LogP contribution is -1.98. The molecule has 0 spiro atoms. The maximum Gasteiger partial charge on any atom is 0.0435 e. The Morgan fingerprint density at radius 2 is 1.79 bits per heavy atom. The number of nitrogens with zero attached hydrogens (tertiary/aromatic N) is 1. The van der Waals surface area contributed by atoms with Crippen LogP contribution in [0.5, 0.6) is 0 Å². The molecule has 0 saturated carbocycles. The molecule has 1 aromatic heterocycles. The van der Waals surface area contributed by atoms with Gasteiger partial charge in [-0.3, -0.25) is 4.98 Å². The zero-order valence-electron chi connectivity index (χ0n) is 9.85. The summed E-state index contributed by atoms with van der Waals surface area (Å²) in [6, 6.07) is 0. The minimum absolute atomic E-state index is 1.14. The Morgan fingerprint density at radius 3 is 2.43 bits per heavy atom. The van der Waals surface area contributed by atoms with E-state index in [1.807, 2.05) is 6.20 Å². The van der Waals surface area contributed by atoms with E-state index in [0.717, 1.165) is 6.42 Å². The fourth-order valence-corrected chi connectivity index (χ4v) is 1.68. The van der Waals surface area contributed by atoms with Crippen molar-refractivity contribution in [1.82, 2.24) is 4.98 Å². The van der Waals surface area contributed by atoms with Crippen LogP contribution in [0.3, 0.4) is 0 Å². The van der Waals surface area contributed by atoms with Crippen LogP contribution in [-0.4, -0.2) is 4.98 Å². The second-order valence-corrected chi connectivity index (χ2v) is 4.10. The highest BCUT2D eigenvalue weighted by atomic mass is 14.7. The number of pyridine rings is 1. The summed E-state index contributed by atoms with van der Waals surface area (Å²) < 4.78 is 0. The summed E-state index contributed by atoms with van der Waals surface area (Å²) in [7, 11) is 0. The van der Waals surface area contributed by atoms with E-state index in [2.05, 4.69) is 32.7 Å². The molecule has 0 aliphatic rings. The van der Waals surface area contributed by atoms with Crippen LogP contribution < -0.4 is 0 Å². The first kappa shape index (κ1) is 11.2. The Morgan fingerprint density at radius 1 is 1.07 bits per heavy atom. The van der Waals surface area contributed by atoms with Gasteiger partial charge in [-0.25, -0.2) is 0 Å². The molecule has 0 unspecified atom stereocenters. The van der Waals surface area contributed by atoms with E-state index in [-0.39, 0.29) is 0 Å². The molecule has 14 heavy (non-hydrogen) atoms. The average Bonchev–Trinajstić information content (AvgIpc) is 2.18. The van der Waals surface area contributed by atoms with E-state index in [1.54, 1.807) is 0 Å². The van der Waals surface area contributed by atoms with Crippen molar-refractivity contribution in [3.63, 3.8) is 0 Å². The molecule has 0 atom stereocenters. The lowest BCUT2D eigenvalue weighted by atomic mass is 10.0. The zero-order chi connectivity index (χ0) is 10.6. The van der Waals surface area contributed by atoms with E-state index in [0.29, 0.717) is 0 Å². The van der Waals surface area contributed by atoms with Crippen LogP contribution in [0.4, 0.5) is 0 Å². The molecule has 0 fully saturated rings. The molecule has 0 saturated heterocycles. The van der Waals surface area contributed by atoms with E-state index >= 15 is 0 Å². The zero-order valence-corrected chi connectivity index (χ0v) is 9.85. The van der Waals surface area contributed by atoms with Gasteiger partial charge in [0.2, 0.25) is 0 Å². The van der Waals surface area contributed by atoms with Crippen molar-refractivity contribution in [3.8, 4) is 0 Å². The molecule has 0 N–H and O–H groups in total. The Balaban J connectivity index is 2.73. The number of hydrogen-bond donors (Lipinski definition) is 0. The van der Waals surface area contributed by atoms with Gasteiger partial charge in [0.1, 0.15) is 0 Å². The largest absolute Gasteiger partial charge is 0.261 e. The van der Waals surface area contributed by atoms with E-state index in [1.165, 1.54) is 41.6 Å². The van der Waals surface area contributed by atoms with Crippen molar-refractivity contribution < 1.29 is 0 Å². The molecule has 1 heterocycles.